The van der Waals surface area contributed by atoms with Gasteiger partial charge in [-0.1, -0.05) is 43.2 Å². The van der Waals surface area contributed by atoms with Gasteiger partial charge in [0, 0.05) is 12.0 Å². The molecule has 1 aliphatic carbocycles. The number of hydrogen-bond donors (Lipinski definition) is 2. The van der Waals surface area contributed by atoms with Gasteiger partial charge in [0.05, 0.1) is 0 Å². The molecule has 1 aromatic carbocycles. The van der Waals surface area contributed by atoms with Gasteiger partial charge in [-0.05, 0) is 25.3 Å². The molecule has 1 amide bonds. The van der Waals surface area contributed by atoms with Crippen LogP contribution in [-0.4, -0.2) is 23.7 Å². The summed E-state index contributed by atoms with van der Waals surface area (Å²) < 4.78 is 0. The summed E-state index contributed by atoms with van der Waals surface area (Å²) in [5.74, 6) is -0.280. The van der Waals surface area contributed by atoms with Crippen molar-refractivity contribution in [3.05, 3.63) is 35.9 Å². The zero-order valence-corrected chi connectivity index (χ0v) is 10.9. The minimum atomic E-state index is -0.931. The fraction of sp³-hybridized carbons (Fsp3) is 0.533. The van der Waals surface area contributed by atoms with Gasteiger partial charge in [-0.25, -0.2) is 0 Å². The Morgan fingerprint density at radius 1 is 1.33 bits per heavy atom. The van der Waals surface area contributed by atoms with E-state index in [1.807, 2.05) is 18.2 Å². The van der Waals surface area contributed by atoms with Gasteiger partial charge in [-0.15, -0.1) is 0 Å². The van der Waals surface area contributed by atoms with E-state index in [4.69, 9.17) is 0 Å². The predicted octanol–water partition coefficient (Wildman–Crippen LogP) is 2.00. The summed E-state index contributed by atoms with van der Waals surface area (Å²) in [7, 11) is 0. The van der Waals surface area contributed by atoms with Crippen LogP contribution in [0.1, 0.15) is 38.2 Å². The van der Waals surface area contributed by atoms with Crippen LogP contribution in [-0.2, 0) is 10.2 Å². The van der Waals surface area contributed by atoms with Gasteiger partial charge in [0.2, 0.25) is 5.91 Å². The number of aliphatic hydroxyl groups is 1. The van der Waals surface area contributed by atoms with Crippen LogP contribution in [0.15, 0.2) is 30.3 Å². The monoisotopic (exact) mass is 247 g/mol. The quantitative estimate of drug-likeness (QED) is 0.855. The second-order valence-electron chi connectivity index (χ2n) is 5.25. The molecule has 1 unspecified atom stereocenters. The third-order valence-electron chi connectivity index (χ3n) is 3.93. The van der Waals surface area contributed by atoms with Crippen molar-refractivity contribution in [1.82, 2.24) is 5.32 Å². The van der Waals surface area contributed by atoms with Crippen LogP contribution in [0, 0.1) is 0 Å². The van der Waals surface area contributed by atoms with Crippen molar-refractivity contribution in [3.8, 4) is 0 Å². The summed E-state index contributed by atoms with van der Waals surface area (Å²) in [5.41, 5.74) is 1.36. The van der Waals surface area contributed by atoms with Crippen molar-refractivity contribution in [2.24, 2.45) is 0 Å². The average molecular weight is 247 g/mol. The summed E-state index contributed by atoms with van der Waals surface area (Å²) in [6, 6.07) is 10.4. The predicted molar refractivity (Wildman–Crippen MR) is 71.3 cm³/mol. The topological polar surface area (TPSA) is 49.3 Å². The first-order chi connectivity index (χ1) is 8.64. The van der Waals surface area contributed by atoms with Crippen molar-refractivity contribution in [3.63, 3.8) is 0 Å². The van der Waals surface area contributed by atoms with Crippen molar-refractivity contribution in [1.29, 1.82) is 0 Å². The second kappa shape index (κ2) is 5.53. The van der Waals surface area contributed by atoms with E-state index in [1.165, 1.54) is 25.3 Å². The number of aliphatic hydroxyl groups excluding tert-OH is 1. The molecule has 1 atom stereocenters. The Hall–Kier alpha value is -1.35. The van der Waals surface area contributed by atoms with Gasteiger partial charge in [0.25, 0.3) is 0 Å². The summed E-state index contributed by atoms with van der Waals surface area (Å²) in [6.07, 6.45) is 3.70. The third-order valence-corrected chi connectivity index (χ3v) is 3.93. The fourth-order valence-corrected chi connectivity index (χ4v) is 2.82. The molecule has 0 aliphatic heterocycles. The van der Waals surface area contributed by atoms with Gasteiger partial charge >= 0.3 is 0 Å². The molecule has 3 heteroatoms. The van der Waals surface area contributed by atoms with Crippen molar-refractivity contribution >= 4 is 5.91 Å². The molecule has 0 bridgehead atoms. The molecule has 18 heavy (non-hydrogen) atoms. The van der Waals surface area contributed by atoms with Crippen LogP contribution in [0.5, 0.6) is 0 Å². The molecular formula is C15H21NO2. The van der Waals surface area contributed by atoms with Crippen LogP contribution < -0.4 is 5.32 Å². The highest BCUT2D eigenvalue weighted by atomic mass is 16.3. The van der Waals surface area contributed by atoms with E-state index in [0.29, 0.717) is 6.54 Å². The molecule has 3 nitrogen and oxygen atoms in total. The number of carbonyl (C=O) groups is 1. The zero-order valence-electron chi connectivity index (χ0n) is 10.9. The highest BCUT2D eigenvalue weighted by Crippen LogP contribution is 2.40. The Morgan fingerprint density at radius 3 is 2.50 bits per heavy atom. The van der Waals surface area contributed by atoms with E-state index in [0.717, 1.165) is 12.8 Å². The van der Waals surface area contributed by atoms with Gasteiger partial charge in [-0.3, -0.25) is 4.79 Å². The molecule has 98 valence electrons. The molecule has 0 saturated heterocycles. The number of nitrogens with one attached hydrogen (secondary N) is 1. The largest absolute Gasteiger partial charge is 0.384 e. The molecule has 0 aromatic heterocycles. The maximum absolute atomic E-state index is 11.5. The lowest BCUT2D eigenvalue weighted by atomic mass is 9.79. The minimum absolute atomic E-state index is 0.0613. The first-order valence-electron chi connectivity index (χ1n) is 6.65. The molecule has 2 rings (SSSR count). The Morgan fingerprint density at radius 2 is 1.94 bits per heavy atom. The summed E-state index contributed by atoms with van der Waals surface area (Å²) in [6.45, 7) is 2.12. The van der Waals surface area contributed by atoms with Crippen molar-refractivity contribution in [2.45, 2.75) is 44.1 Å². The first kappa shape index (κ1) is 13.1. The van der Waals surface area contributed by atoms with E-state index in [1.54, 1.807) is 0 Å². The maximum atomic E-state index is 11.5. The number of hydrogen-bond acceptors (Lipinski definition) is 2. The molecular weight excluding hydrogens is 226 g/mol. The van der Waals surface area contributed by atoms with Gasteiger partial charge in [0.1, 0.15) is 6.10 Å². The normalized spacial score (nSPS) is 19.4. The van der Waals surface area contributed by atoms with Crippen LogP contribution >= 0.6 is 0 Å². The number of carbonyl (C=O) groups excluding carboxylic acids is 1. The fourth-order valence-electron chi connectivity index (χ4n) is 2.82. The third kappa shape index (κ3) is 2.72. The summed E-state index contributed by atoms with van der Waals surface area (Å²) in [5, 5.41) is 12.1. The smallest absolute Gasteiger partial charge is 0.248 e. The summed E-state index contributed by atoms with van der Waals surface area (Å²) >= 11 is 0. The highest BCUT2D eigenvalue weighted by Gasteiger charge is 2.35. The molecule has 2 N–H and O–H groups in total. The van der Waals surface area contributed by atoms with E-state index in [2.05, 4.69) is 17.4 Å². The zero-order chi connectivity index (χ0) is 13.0. The first-order valence-corrected chi connectivity index (χ1v) is 6.65. The Balaban J connectivity index is 2.11. The molecule has 0 spiro atoms. The number of amides is 1. The molecule has 0 radical (unpaired) electrons. The molecule has 1 aliphatic rings. The van der Waals surface area contributed by atoms with Gasteiger partial charge in [-0.2, -0.15) is 0 Å². The average Bonchev–Trinajstić information content (AvgIpc) is 2.87. The van der Waals surface area contributed by atoms with Crippen LogP contribution in [0.3, 0.4) is 0 Å². The Bertz CT molecular complexity index is 394. The summed E-state index contributed by atoms with van der Waals surface area (Å²) in [4.78, 5) is 11.5. The van der Waals surface area contributed by atoms with E-state index in [9.17, 15) is 9.90 Å². The maximum Gasteiger partial charge on any atom is 0.248 e. The van der Waals surface area contributed by atoms with Crippen molar-refractivity contribution in [2.75, 3.05) is 6.54 Å². The van der Waals surface area contributed by atoms with Crippen LogP contribution in [0.4, 0.5) is 0 Å². The van der Waals surface area contributed by atoms with Crippen molar-refractivity contribution < 1.29 is 9.90 Å². The SMILES string of the molecule is CC(O)C(=O)NCC1(c2ccccc2)CCCC1. The Labute approximate surface area is 108 Å². The standard InChI is InChI=1S/C15H21NO2/c1-12(17)14(18)16-11-15(9-5-6-10-15)13-7-3-2-4-8-13/h2-4,7-8,12,17H,5-6,9-11H2,1H3,(H,16,18). The molecule has 1 aromatic rings. The highest BCUT2D eigenvalue weighted by molar-refractivity contribution is 5.80. The van der Waals surface area contributed by atoms with Crippen LogP contribution in [0.2, 0.25) is 0 Å². The lowest BCUT2D eigenvalue weighted by Crippen LogP contribution is -2.42. The number of benzene rings is 1. The molecule has 1 saturated carbocycles. The minimum Gasteiger partial charge on any atom is -0.384 e. The van der Waals surface area contributed by atoms with Gasteiger partial charge < -0.3 is 10.4 Å². The van der Waals surface area contributed by atoms with E-state index in [-0.39, 0.29) is 11.3 Å². The van der Waals surface area contributed by atoms with Crippen LogP contribution in [0.25, 0.3) is 0 Å². The van der Waals surface area contributed by atoms with E-state index >= 15 is 0 Å². The molecule has 0 heterocycles. The molecule has 1 fully saturated rings. The lowest BCUT2D eigenvalue weighted by molar-refractivity contribution is -0.128. The Kier molecular flexibility index (Phi) is 4.02. The van der Waals surface area contributed by atoms with Gasteiger partial charge in [0.15, 0.2) is 0 Å². The lowest BCUT2D eigenvalue weighted by Gasteiger charge is -2.30. The number of rotatable bonds is 4. The van der Waals surface area contributed by atoms with E-state index < -0.39 is 6.10 Å². The second-order valence-corrected chi connectivity index (χ2v) is 5.25.